The summed E-state index contributed by atoms with van der Waals surface area (Å²) in [6, 6.07) is 9.39. The summed E-state index contributed by atoms with van der Waals surface area (Å²) in [5, 5.41) is 2.18. The highest BCUT2D eigenvalue weighted by Gasteiger charge is 2.34. The summed E-state index contributed by atoms with van der Waals surface area (Å²) >= 11 is 2.97. The summed E-state index contributed by atoms with van der Waals surface area (Å²) in [7, 11) is 0. The standard InChI is InChI=1S/C16H11BrF3NO3/c17-11-3-6-14(13(7-11)16(18,19)20)21-15(23)9-24-12-4-1-10(8-22)2-5-12/h1-8H,9H2,(H,21,23). The molecule has 0 heterocycles. The minimum atomic E-state index is -4.60. The van der Waals surface area contributed by atoms with Gasteiger partial charge in [0.05, 0.1) is 11.3 Å². The van der Waals surface area contributed by atoms with Crippen molar-refractivity contribution in [3.05, 3.63) is 58.1 Å². The Bertz CT molecular complexity index is 745. The second kappa shape index (κ2) is 7.48. The number of halogens is 4. The maximum absolute atomic E-state index is 13.0. The molecule has 2 aromatic rings. The molecule has 0 saturated carbocycles. The van der Waals surface area contributed by atoms with Gasteiger partial charge in [0.2, 0.25) is 0 Å². The van der Waals surface area contributed by atoms with E-state index in [1.165, 1.54) is 30.3 Å². The van der Waals surface area contributed by atoms with Gasteiger partial charge in [0.25, 0.3) is 5.91 Å². The third-order valence-electron chi connectivity index (χ3n) is 2.95. The van der Waals surface area contributed by atoms with Gasteiger partial charge in [-0.05, 0) is 42.5 Å². The fraction of sp³-hybridized carbons (Fsp3) is 0.125. The molecule has 0 bridgehead atoms. The maximum Gasteiger partial charge on any atom is 0.418 e. The van der Waals surface area contributed by atoms with Gasteiger partial charge in [-0.25, -0.2) is 0 Å². The van der Waals surface area contributed by atoms with Crippen LogP contribution in [0.2, 0.25) is 0 Å². The summed E-state index contributed by atoms with van der Waals surface area (Å²) in [6.45, 7) is -0.464. The molecule has 24 heavy (non-hydrogen) atoms. The SMILES string of the molecule is O=Cc1ccc(OCC(=O)Nc2ccc(Br)cc2C(F)(F)F)cc1. The predicted octanol–water partition coefficient (Wildman–Crippen LogP) is 4.30. The number of aldehydes is 1. The van der Waals surface area contributed by atoms with Gasteiger partial charge < -0.3 is 10.1 Å². The van der Waals surface area contributed by atoms with Gasteiger partial charge in [-0.2, -0.15) is 13.2 Å². The molecule has 0 aliphatic rings. The molecule has 8 heteroatoms. The fourth-order valence-corrected chi connectivity index (χ4v) is 2.20. The van der Waals surface area contributed by atoms with Crippen LogP contribution < -0.4 is 10.1 Å². The second-order valence-corrected chi connectivity index (χ2v) is 5.63. The quantitative estimate of drug-likeness (QED) is 0.759. The number of alkyl halides is 3. The summed E-state index contributed by atoms with van der Waals surface area (Å²) in [6.07, 6.45) is -3.94. The molecular weight excluding hydrogens is 391 g/mol. The number of rotatable bonds is 5. The molecule has 0 unspecified atom stereocenters. The van der Waals surface area contributed by atoms with Crippen molar-refractivity contribution >= 4 is 33.8 Å². The number of hydrogen-bond acceptors (Lipinski definition) is 3. The van der Waals surface area contributed by atoms with Crippen LogP contribution in [0.3, 0.4) is 0 Å². The largest absolute Gasteiger partial charge is 0.484 e. The van der Waals surface area contributed by atoms with E-state index in [2.05, 4.69) is 21.2 Å². The van der Waals surface area contributed by atoms with E-state index in [0.717, 1.165) is 12.1 Å². The molecule has 0 fully saturated rings. The Morgan fingerprint density at radius 2 is 1.83 bits per heavy atom. The molecule has 0 atom stereocenters. The van der Waals surface area contributed by atoms with Crippen molar-refractivity contribution in [1.82, 2.24) is 0 Å². The van der Waals surface area contributed by atoms with E-state index in [0.29, 0.717) is 17.6 Å². The highest BCUT2D eigenvalue weighted by molar-refractivity contribution is 9.10. The van der Waals surface area contributed by atoms with E-state index in [1.807, 2.05) is 0 Å². The first-order valence-corrected chi connectivity index (χ1v) is 7.43. The first-order valence-electron chi connectivity index (χ1n) is 6.64. The number of carbonyl (C=O) groups excluding carboxylic acids is 2. The molecule has 2 aromatic carbocycles. The lowest BCUT2D eigenvalue weighted by atomic mass is 10.1. The lowest BCUT2D eigenvalue weighted by Crippen LogP contribution is -2.22. The van der Waals surface area contributed by atoms with Crippen molar-refractivity contribution < 1.29 is 27.5 Å². The Morgan fingerprint density at radius 1 is 1.17 bits per heavy atom. The molecule has 1 N–H and O–H groups in total. The summed E-state index contributed by atoms with van der Waals surface area (Å²) < 4.78 is 44.3. The molecule has 0 spiro atoms. The first-order chi connectivity index (χ1) is 11.3. The van der Waals surface area contributed by atoms with Crippen LogP contribution in [0.5, 0.6) is 5.75 Å². The molecule has 0 aliphatic heterocycles. The Kier molecular flexibility index (Phi) is 5.61. The molecule has 1 amide bonds. The maximum atomic E-state index is 13.0. The van der Waals surface area contributed by atoms with Crippen molar-refractivity contribution in [2.45, 2.75) is 6.18 Å². The van der Waals surface area contributed by atoms with Crippen LogP contribution in [0.4, 0.5) is 18.9 Å². The third-order valence-corrected chi connectivity index (χ3v) is 3.44. The van der Waals surface area contributed by atoms with E-state index >= 15 is 0 Å². The van der Waals surface area contributed by atoms with Gasteiger partial charge >= 0.3 is 6.18 Å². The van der Waals surface area contributed by atoms with E-state index < -0.39 is 24.3 Å². The zero-order chi connectivity index (χ0) is 17.7. The highest BCUT2D eigenvalue weighted by atomic mass is 79.9. The molecule has 4 nitrogen and oxygen atoms in total. The monoisotopic (exact) mass is 401 g/mol. The second-order valence-electron chi connectivity index (χ2n) is 4.71. The number of nitrogens with one attached hydrogen (secondary N) is 1. The molecule has 2 rings (SSSR count). The van der Waals surface area contributed by atoms with E-state index in [9.17, 15) is 22.8 Å². The Morgan fingerprint density at radius 3 is 2.42 bits per heavy atom. The van der Waals surface area contributed by atoms with Crippen LogP contribution in [0, 0.1) is 0 Å². The summed E-state index contributed by atoms with van der Waals surface area (Å²) in [4.78, 5) is 22.3. The molecule has 126 valence electrons. The number of amides is 1. The van der Waals surface area contributed by atoms with E-state index in [1.54, 1.807) is 0 Å². The van der Waals surface area contributed by atoms with Crippen LogP contribution in [0.1, 0.15) is 15.9 Å². The Labute approximate surface area is 143 Å². The minimum absolute atomic E-state index is 0.249. The molecule has 0 aliphatic carbocycles. The molecule has 0 saturated heterocycles. The molecular formula is C16H11BrF3NO3. The lowest BCUT2D eigenvalue weighted by Gasteiger charge is -2.14. The van der Waals surface area contributed by atoms with Crippen LogP contribution in [-0.2, 0) is 11.0 Å². The van der Waals surface area contributed by atoms with Gasteiger partial charge in [0.15, 0.2) is 6.61 Å². The van der Waals surface area contributed by atoms with Crippen LogP contribution in [0.25, 0.3) is 0 Å². The van der Waals surface area contributed by atoms with Crippen LogP contribution in [0.15, 0.2) is 46.9 Å². The molecule has 0 radical (unpaired) electrons. The third kappa shape index (κ3) is 4.82. The number of ether oxygens (including phenoxy) is 1. The number of hydrogen-bond donors (Lipinski definition) is 1. The smallest absolute Gasteiger partial charge is 0.418 e. The van der Waals surface area contributed by atoms with Crippen molar-refractivity contribution in [3.63, 3.8) is 0 Å². The van der Waals surface area contributed by atoms with Crippen molar-refractivity contribution in [2.75, 3.05) is 11.9 Å². The summed E-state index contributed by atoms with van der Waals surface area (Å²) in [5.74, 6) is -0.412. The number of anilines is 1. The fourth-order valence-electron chi connectivity index (χ4n) is 1.84. The zero-order valence-corrected chi connectivity index (χ0v) is 13.6. The van der Waals surface area contributed by atoms with E-state index in [4.69, 9.17) is 4.74 Å². The van der Waals surface area contributed by atoms with Gasteiger partial charge in [0, 0.05) is 10.0 Å². The normalized spacial score (nSPS) is 11.0. The minimum Gasteiger partial charge on any atom is -0.484 e. The number of benzene rings is 2. The van der Waals surface area contributed by atoms with Gasteiger partial charge in [-0.15, -0.1) is 0 Å². The number of carbonyl (C=O) groups is 2. The van der Waals surface area contributed by atoms with Crippen molar-refractivity contribution in [1.29, 1.82) is 0 Å². The first kappa shape index (κ1) is 18.0. The highest BCUT2D eigenvalue weighted by Crippen LogP contribution is 2.36. The Balaban J connectivity index is 2.03. The average Bonchev–Trinajstić information content (AvgIpc) is 2.54. The van der Waals surface area contributed by atoms with E-state index in [-0.39, 0.29) is 10.2 Å². The zero-order valence-electron chi connectivity index (χ0n) is 12.1. The van der Waals surface area contributed by atoms with Gasteiger partial charge in [-0.3, -0.25) is 9.59 Å². The average molecular weight is 402 g/mol. The predicted molar refractivity (Wildman–Crippen MR) is 85.1 cm³/mol. The summed E-state index contributed by atoms with van der Waals surface area (Å²) in [5.41, 5.74) is -0.868. The molecule has 0 aromatic heterocycles. The van der Waals surface area contributed by atoms with Gasteiger partial charge in [-0.1, -0.05) is 15.9 Å². The van der Waals surface area contributed by atoms with Gasteiger partial charge in [0.1, 0.15) is 12.0 Å². The van der Waals surface area contributed by atoms with Crippen LogP contribution in [-0.4, -0.2) is 18.8 Å². The topological polar surface area (TPSA) is 55.4 Å². The van der Waals surface area contributed by atoms with Crippen molar-refractivity contribution in [3.8, 4) is 5.75 Å². The Hall–Kier alpha value is -2.35. The van der Waals surface area contributed by atoms with Crippen molar-refractivity contribution in [2.24, 2.45) is 0 Å². The van der Waals surface area contributed by atoms with Crippen LogP contribution >= 0.6 is 15.9 Å². The lowest BCUT2D eigenvalue weighted by molar-refractivity contribution is -0.137.